The number of halogens is 1. The Labute approximate surface area is 161 Å². The third-order valence-electron chi connectivity index (χ3n) is 4.82. The van der Waals surface area contributed by atoms with Gasteiger partial charge in [-0.15, -0.1) is 5.10 Å². The predicted molar refractivity (Wildman–Crippen MR) is 98.5 cm³/mol. The number of amides is 2. The first-order valence-electron chi connectivity index (χ1n) is 8.94. The van der Waals surface area contributed by atoms with E-state index in [0.717, 1.165) is 12.8 Å². The van der Waals surface area contributed by atoms with Gasteiger partial charge in [0.2, 0.25) is 11.8 Å². The standard InChI is InChI=1S/C17H20ClN7O2/c18-14-4-3-13(25-11-19-21-22-25)9-15(14)20-16(26)10-23-5-7-24(8-6-23)17(27)12-1-2-12/h3-4,9,11-12H,1-2,5-8,10H2,(H,20,26). The van der Waals surface area contributed by atoms with Gasteiger partial charge >= 0.3 is 0 Å². The van der Waals surface area contributed by atoms with Crippen LogP contribution in [0.4, 0.5) is 5.69 Å². The summed E-state index contributed by atoms with van der Waals surface area (Å²) in [5.41, 5.74) is 1.21. The molecule has 2 aliphatic rings. The summed E-state index contributed by atoms with van der Waals surface area (Å²) in [6.07, 6.45) is 3.51. The lowest BCUT2D eigenvalue weighted by Crippen LogP contribution is -2.50. The van der Waals surface area contributed by atoms with Crippen LogP contribution in [0, 0.1) is 5.92 Å². The molecule has 1 saturated carbocycles. The fourth-order valence-corrected chi connectivity index (χ4v) is 3.30. The molecule has 1 aromatic carbocycles. The SMILES string of the molecule is O=C(CN1CCN(C(=O)C2CC2)CC1)Nc1cc(-n2cnnn2)ccc1Cl. The second-order valence-electron chi connectivity index (χ2n) is 6.84. The van der Waals surface area contributed by atoms with Gasteiger partial charge in [-0.3, -0.25) is 14.5 Å². The fourth-order valence-electron chi connectivity index (χ4n) is 3.14. The Hall–Kier alpha value is -2.52. The smallest absolute Gasteiger partial charge is 0.238 e. The van der Waals surface area contributed by atoms with Crippen LogP contribution in [0.3, 0.4) is 0 Å². The van der Waals surface area contributed by atoms with Gasteiger partial charge in [0.05, 0.1) is 22.9 Å². The van der Waals surface area contributed by atoms with Crippen molar-refractivity contribution in [1.82, 2.24) is 30.0 Å². The van der Waals surface area contributed by atoms with E-state index in [1.165, 1.54) is 11.0 Å². The number of hydrogen-bond donors (Lipinski definition) is 1. The van der Waals surface area contributed by atoms with E-state index in [9.17, 15) is 9.59 Å². The maximum Gasteiger partial charge on any atom is 0.238 e. The lowest BCUT2D eigenvalue weighted by Gasteiger charge is -2.34. The molecule has 1 aliphatic carbocycles. The molecular formula is C17H20ClN7O2. The number of piperazine rings is 1. The van der Waals surface area contributed by atoms with E-state index in [-0.39, 0.29) is 24.3 Å². The van der Waals surface area contributed by atoms with Gasteiger partial charge in [-0.1, -0.05) is 11.6 Å². The maximum absolute atomic E-state index is 12.4. The van der Waals surface area contributed by atoms with Crippen molar-refractivity contribution in [2.24, 2.45) is 5.92 Å². The highest BCUT2D eigenvalue weighted by Crippen LogP contribution is 2.31. The molecule has 1 N–H and O–H groups in total. The minimum Gasteiger partial charge on any atom is -0.340 e. The van der Waals surface area contributed by atoms with Gasteiger partial charge in [-0.2, -0.15) is 0 Å². The number of carbonyl (C=O) groups excluding carboxylic acids is 2. The van der Waals surface area contributed by atoms with Crippen molar-refractivity contribution in [3.8, 4) is 5.69 Å². The quantitative estimate of drug-likeness (QED) is 0.812. The first kappa shape index (κ1) is 17.9. The summed E-state index contributed by atoms with van der Waals surface area (Å²) in [5, 5.41) is 14.3. The van der Waals surface area contributed by atoms with E-state index in [1.807, 2.05) is 9.80 Å². The lowest BCUT2D eigenvalue weighted by molar-refractivity contribution is -0.134. The molecule has 0 atom stereocenters. The van der Waals surface area contributed by atoms with Crippen LogP contribution < -0.4 is 5.32 Å². The number of hydrogen-bond acceptors (Lipinski definition) is 6. The highest BCUT2D eigenvalue weighted by atomic mass is 35.5. The van der Waals surface area contributed by atoms with Crippen LogP contribution >= 0.6 is 11.6 Å². The van der Waals surface area contributed by atoms with Crippen LogP contribution in [0.1, 0.15) is 12.8 Å². The van der Waals surface area contributed by atoms with E-state index < -0.39 is 0 Å². The molecule has 2 aromatic rings. The number of rotatable bonds is 5. The normalized spacial score (nSPS) is 17.7. The maximum atomic E-state index is 12.4. The van der Waals surface area contributed by atoms with Crippen LogP contribution in [0.25, 0.3) is 5.69 Å². The van der Waals surface area contributed by atoms with Crippen LogP contribution in [-0.2, 0) is 9.59 Å². The van der Waals surface area contributed by atoms with E-state index >= 15 is 0 Å². The Kier molecular flexibility index (Phi) is 5.04. The molecule has 1 aliphatic heterocycles. The summed E-state index contributed by atoms with van der Waals surface area (Å²) in [6.45, 7) is 3.02. The molecule has 2 amide bonds. The topological polar surface area (TPSA) is 96.2 Å². The summed E-state index contributed by atoms with van der Waals surface area (Å²) < 4.78 is 1.49. The lowest BCUT2D eigenvalue weighted by atomic mass is 10.2. The molecule has 0 bridgehead atoms. The Morgan fingerprint density at radius 3 is 2.63 bits per heavy atom. The van der Waals surface area contributed by atoms with Crippen molar-refractivity contribution in [2.45, 2.75) is 12.8 Å². The second kappa shape index (κ2) is 7.61. The van der Waals surface area contributed by atoms with Crippen molar-refractivity contribution < 1.29 is 9.59 Å². The minimum absolute atomic E-state index is 0.146. The summed E-state index contributed by atoms with van der Waals surface area (Å²) in [6, 6.07) is 5.18. The number of nitrogens with zero attached hydrogens (tertiary/aromatic N) is 6. The summed E-state index contributed by atoms with van der Waals surface area (Å²) >= 11 is 6.20. The Bertz CT molecular complexity index is 830. The largest absolute Gasteiger partial charge is 0.340 e. The van der Waals surface area contributed by atoms with Crippen molar-refractivity contribution in [1.29, 1.82) is 0 Å². The van der Waals surface area contributed by atoms with E-state index in [0.29, 0.717) is 42.6 Å². The zero-order valence-electron chi connectivity index (χ0n) is 14.7. The van der Waals surface area contributed by atoms with Gasteiger partial charge in [0, 0.05) is 32.1 Å². The van der Waals surface area contributed by atoms with E-state index in [4.69, 9.17) is 11.6 Å². The second-order valence-corrected chi connectivity index (χ2v) is 7.25. The Balaban J connectivity index is 1.32. The first-order valence-corrected chi connectivity index (χ1v) is 9.32. The third kappa shape index (κ3) is 4.25. The zero-order valence-corrected chi connectivity index (χ0v) is 15.5. The summed E-state index contributed by atoms with van der Waals surface area (Å²) in [5.74, 6) is 0.368. The van der Waals surface area contributed by atoms with Crippen molar-refractivity contribution in [2.75, 3.05) is 38.0 Å². The number of aromatic nitrogens is 4. The van der Waals surface area contributed by atoms with Crippen LogP contribution in [-0.4, -0.2) is 74.5 Å². The number of carbonyl (C=O) groups is 2. The minimum atomic E-state index is -0.146. The molecule has 0 unspecified atom stereocenters. The predicted octanol–water partition coefficient (Wildman–Crippen LogP) is 0.808. The Morgan fingerprint density at radius 1 is 1.19 bits per heavy atom. The average Bonchev–Trinajstić information content (AvgIpc) is 3.38. The molecule has 10 heteroatoms. The number of tetrazole rings is 1. The Morgan fingerprint density at radius 2 is 1.96 bits per heavy atom. The highest BCUT2D eigenvalue weighted by Gasteiger charge is 2.34. The molecule has 0 spiro atoms. The monoisotopic (exact) mass is 389 g/mol. The van der Waals surface area contributed by atoms with Crippen molar-refractivity contribution in [3.63, 3.8) is 0 Å². The highest BCUT2D eigenvalue weighted by molar-refractivity contribution is 6.33. The molecule has 2 heterocycles. The summed E-state index contributed by atoms with van der Waals surface area (Å²) in [7, 11) is 0. The molecule has 4 rings (SSSR count). The van der Waals surface area contributed by atoms with Crippen molar-refractivity contribution in [3.05, 3.63) is 29.5 Å². The van der Waals surface area contributed by atoms with Crippen LogP contribution in [0.5, 0.6) is 0 Å². The van der Waals surface area contributed by atoms with Gasteiger partial charge < -0.3 is 10.2 Å². The van der Waals surface area contributed by atoms with Crippen LogP contribution in [0.15, 0.2) is 24.5 Å². The van der Waals surface area contributed by atoms with Gasteiger partial charge in [0.1, 0.15) is 6.33 Å². The van der Waals surface area contributed by atoms with Gasteiger partial charge in [0.25, 0.3) is 0 Å². The molecule has 0 radical (unpaired) electrons. The third-order valence-corrected chi connectivity index (χ3v) is 5.14. The molecular weight excluding hydrogens is 370 g/mol. The van der Waals surface area contributed by atoms with Crippen molar-refractivity contribution >= 4 is 29.1 Å². The van der Waals surface area contributed by atoms with Gasteiger partial charge in [0.15, 0.2) is 0 Å². The molecule has 1 saturated heterocycles. The molecule has 27 heavy (non-hydrogen) atoms. The number of nitrogens with one attached hydrogen (secondary N) is 1. The molecule has 142 valence electrons. The van der Waals surface area contributed by atoms with Gasteiger partial charge in [-0.25, -0.2) is 4.68 Å². The van der Waals surface area contributed by atoms with E-state index in [2.05, 4.69) is 20.8 Å². The fraction of sp³-hybridized carbons (Fsp3) is 0.471. The zero-order chi connectivity index (χ0) is 18.8. The summed E-state index contributed by atoms with van der Waals surface area (Å²) in [4.78, 5) is 28.5. The van der Waals surface area contributed by atoms with E-state index in [1.54, 1.807) is 18.2 Å². The van der Waals surface area contributed by atoms with Gasteiger partial charge in [-0.05, 0) is 41.5 Å². The number of benzene rings is 1. The molecule has 9 nitrogen and oxygen atoms in total. The molecule has 1 aromatic heterocycles. The average molecular weight is 390 g/mol. The number of anilines is 1. The first-order chi connectivity index (χ1) is 13.1. The van der Waals surface area contributed by atoms with Crippen LogP contribution in [0.2, 0.25) is 5.02 Å². The molecule has 2 fully saturated rings.